The van der Waals surface area contributed by atoms with Crippen LogP contribution in [0.25, 0.3) is 0 Å². The minimum atomic E-state index is -0.627. The van der Waals surface area contributed by atoms with Crippen molar-refractivity contribution in [2.45, 2.75) is 25.8 Å². The number of nitrogens with zero attached hydrogens (tertiary/aromatic N) is 2. The smallest absolute Gasteiger partial charge is 0.252 e. The molecule has 0 aromatic carbocycles. The van der Waals surface area contributed by atoms with Gasteiger partial charge in [0, 0.05) is 18.8 Å². The molecule has 0 radical (unpaired) electrons. The van der Waals surface area contributed by atoms with Gasteiger partial charge in [-0.25, -0.2) is 0 Å². The fraction of sp³-hybridized carbons (Fsp3) is 0.364. The minimum Gasteiger partial charge on any atom is -0.312 e. The van der Waals surface area contributed by atoms with Gasteiger partial charge in [-0.3, -0.25) is 14.8 Å². The summed E-state index contributed by atoms with van der Waals surface area (Å²) < 4.78 is 0. The van der Waals surface area contributed by atoms with Crippen molar-refractivity contribution in [3.05, 3.63) is 30.1 Å². The average molecular weight is 203 g/mol. The number of carbonyl (C=O) groups is 1. The van der Waals surface area contributed by atoms with E-state index < -0.39 is 5.54 Å². The Morgan fingerprint density at radius 2 is 2.27 bits per heavy atom. The second-order valence-corrected chi connectivity index (χ2v) is 4.11. The van der Waals surface area contributed by atoms with Crippen molar-refractivity contribution >= 4 is 11.7 Å². The lowest BCUT2D eigenvalue weighted by atomic mass is 10.1. The Balaban J connectivity index is 2.13. The average Bonchev–Trinajstić information content (AvgIpc) is 2.42. The summed E-state index contributed by atoms with van der Waals surface area (Å²) in [5, 5.41) is 2.78. The van der Waals surface area contributed by atoms with Gasteiger partial charge < -0.3 is 5.32 Å². The van der Waals surface area contributed by atoms with Gasteiger partial charge in [0.2, 0.25) is 0 Å². The van der Waals surface area contributed by atoms with Gasteiger partial charge in [0.15, 0.2) is 0 Å². The molecule has 0 spiro atoms. The van der Waals surface area contributed by atoms with Gasteiger partial charge in [-0.2, -0.15) is 0 Å². The van der Waals surface area contributed by atoms with Crippen molar-refractivity contribution in [2.24, 2.45) is 4.99 Å². The number of aromatic nitrogens is 1. The molecule has 1 N–H and O–H groups in total. The molecule has 15 heavy (non-hydrogen) atoms. The molecule has 2 rings (SSSR count). The molecule has 1 aromatic heterocycles. The molecule has 1 amide bonds. The maximum absolute atomic E-state index is 11.5. The third-order valence-electron chi connectivity index (χ3n) is 2.32. The topological polar surface area (TPSA) is 54.4 Å². The van der Waals surface area contributed by atoms with Crippen LogP contribution in [0.4, 0.5) is 0 Å². The molecule has 0 saturated carbocycles. The predicted molar refractivity (Wildman–Crippen MR) is 57.6 cm³/mol. The summed E-state index contributed by atoms with van der Waals surface area (Å²) in [5.74, 6) is 0.680. The standard InChI is InChI=1S/C11H13N3O/c1-11(2)10(15)13-9(14-11)6-8-4-3-5-12-7-8/h3-5,7H,6H2,1-2H3,(H,13,14,15). The molecule has 78 valence electrons. The van der Waals surface area contributed by atoms with E-state index in [1.54, 1.807) is 26.2 Å². The monoisotopic (exact) mass is 203 g/mol. The number of amides is 1. The van der Waals surface area contributed by atoms with Crippen molar-refractivity contribution in [1.82, 2.24) is 10.3 Å². The lowest BCUT2D eigenvalue weighted by Gasteiger charge is -2.07. The summed E-state index contributed by atoms with van der Waals surface area (Å²) in [7, 11) is 0. The van der Waals surface area contributed by atoms with E-state index in [1.165, 1.54) is 0 Å². The van der Waals surface area contributed by atoms with Crippen molar-refractivity contribution < 1.29 is 4.79 Å². The van der Waals surface area contributed by atoms with E-state index in [-0.39, 0.29) is 5.91 Å². The second-order valence-electron chi connectivity index (χ2n) is 4.11. The van der Waals surface area contributed by atoms with Gasteiger partial charge in [-0.1, -0.05) is 6.07 Å². The number of amidine groups is 1. The molecular weight excluding hydrogens is 190 g/mol. The fourth-order valence-corrected chi connectivity index (χ4v) is 1.48. The first-order valence-corrected chi connectivity index (χ1v) is 4.87. The van der Waals surface area contributed by atoms with Gasteiger partial charge in [0.05, 0.1) is 0 Å². The molecule has 1 aromatic rings. The highest BCUT2D eigenvalue weighted by Crippen LogP contribution is 2.15. The van der Waals surface area contributed by atoms with Crippen molar-refractivity contribution in [3.8, 4) is 0 Å². The van der Waals surface area contributed by atoms with E-state index in [9.17, 15) is 4.79 Å². The van der Waals surface area contributed by atoms with E-state index >= 15 is 0 Å². The van der Waals surface area contributed by atoms with Crippen LogP contribution in [0.5, 0.6) is 0 Å². The van der Waals surface area contributed by atoms with Crippen molar-refractivity contribution in [3.63, 3.8) is 0 Å². The molecule has 1 aliphatic rings. The first kappa shape index (κ1) is 9.83. The van der Waals surface area contributed by atoms with Crippen LogP contribution in [0.15, 0.2) is 29.5 Å². The Bertz CT molecular complexity index is 409. The Labute approximate surface area is 88.4 Å². The maximum atomic E-state index is 11.5. The SMILES string of the molecule is CC1(C)N=C(Cc2cccnc2)NC1=O. The fourth-order valence-electron chi connectivity index (χ4n) is 1.48. The van der Waals surface area contributed by atoms with Gasteiger partial charge in [0.1, 0.15) is 11.4 Å². The quantitative estimate of drug-likeness (QED) is 0.777. The molecule has 0 saturated heterocycles. The van der Waals surface area contributed by atoms with Crippen LogP contribution in [-0.2, 0) is 11.2 Å². The van der Waals surface area contributed by atoms with E-state index in [1.807, 2.05) is 12.1 Å². The Morgan fingerprint density at radius 1 is 1.47 bits per heavy atom. The number of nitrogens with one attached hydrogen (secondary N) is 1. The Morgan fingerprint density at radius 3 is 2.80 bits per heavy atom. The van der Waals surface area contributed by atoms with Crippen LogP contribution in [0.2, 0.25) is 0 Å². The second kappa shape index (κ2) is 3.46. The van der Waals surface area contributed by atoms with Gasteiger partial charge >= 0.3 is 0 Å². The third kappa shape index (κ3) is 2.03. The van der Waals surface area contributed by atoms with E-state index in [2.05, 4.69) is 15.3 Å². The number of hydrogen-bond acceptors (Lipinski definition) is 3. The van der Waals surface area contributed by atoms with Gasteiger partial charge in [0.25, 0.3) is 5.91 Å². The molecule has 2 heterocycles. The van der Waals surface area contributed by atoms with Crippen LogP contribution in [-0.4, -0.2) is 22.3 Å². The molecule has 4 nitrogen and oxygen atoms in total. The zero-order valence-electron chi connectivity index (χ0n) is 8.82. The van der Waals surface area contributed by atoms with Crippen molar-refractivity contribution in [2.75, 3.05) is 0 Å². The molecule has 0 aliphatic carbocycles. The van der Waals surface area contributed by atoms with Crippen LogP contribution in [0, 0.1) is 0 Å². The summed E-state index contributed by atoms with van der Waals surface area (Å²) >= 11 is 0. The van der Waals surface area contributed by atoms with Crippen LogP contribution >= 0.6 is 0 Å². The summed E-state index contributed by atoms with van der Waals surface area (Å²) in [6, 6.07) is 3.84. The highest BCUT2D eigenvalue weighted by Gasteiger charge is 2.33. The van der Waals surface area contributed by atoms with Crippen LogP contribution < -0.4 is 5.32 Å². The number of hydrogen-bond donors (Lipinski definition) is 1. The third-order valence-corrected chi connectivity index (χ3v) is 2.32. The first-order chi connectivity index (χ1) is 7.08. The largest absolute Gasteiger partial charge is 0.312 e. The summed E-state index contributed by atoms with van der Waals surface area (Å²) in [5.41, 5.74) is 0.423. The molecule has 0 atom stereocenters. The van der Waals surface area contributed by atoms with E-state index in [0.29, 0.717) is 6.42 Å². The van der Waals surface area contributed by atoms with Crippen LogP contribution in [0.1, 0.15) is 19.4 Å². The number of rotatable bonds is 2. The lowest BCUT2D eigenvalue weighted by Crippen LogP contribution is -2.34. The highest BCUT2D eigenvalue weighted by atomic mass is 16.2. The molecular formula is C11H13N3O. The zero-order valence-corrected chi connectivity index (χ0v) is 8.82. The number of pyridine rings is 1. The predicted octanol–water partition coefficient (Wildman–Crippen LogP) is 0.931. The highest BCUT2D eigenvalue weighted by molar-refractivity contribution is 6.08. The normalized spacial score (nSPS) is 18.5. The molecule has 0 bridgehead atoms. The van der Waals surface area contributed by atoms with Crippen molar-refractivity contribution in [1.29, 1.82) is 0 Å². The Hall–Kier alpha value is -1.71. The zero-order chi connectivity index (χ0) is 10.9. The Kier molecular flexibility index (Phi) is 2.26. The lowest BCUT2D eigenvalue weighted by molar-refractivity contribution is -0.122. The molecule has 0 unspecified atom stereocenters. The van der Waals surface area contributed by atoms with E-state index in [4.69, 9.17) is 0 Å². The first-order valence-electron chi connectivity index (χ1n) is 4.87. The summed E-state index contributed by atoms with van der Waals surface area (Å²) in [6.45, 7) is 3.61. The minimum absolute atomic E-state index is 0.0404. The van der Waals surface area contributed by atoms with Crippen LogP contribution in [0.3, 0.4) is 0 Å². The number of aliphatic imine (C=N–C) groups is 1. The maximum Gasteiger partial charge on any atom is 0.252 e. The number of carbonyl (C=O) groups excluding carboxylic acids is 1. The molecule has 0 fully saturated rings. The summed E-state index contributed by atoms with van der Waals surface area (Å²) in [6.07, 6.45) is 4.13. The van der Waals surface area contributed by atoms with Gasteiger partial charge in [-0.05, 0) is 25.5 Å². The van der Waals surface area contributed by atoms with E-state index in [0.717, 1.165) is 11.4 Å². The molecule has 4 heteroatoms. The summed E-state index contributed by atoms with van der Waals surface area (Å²) in [4.78, 5) is 19.8. The molecule has 1 aliphatic heterocycles. The van der Waals surface area contributed by atoms with Gasteiger partial charge in [-0.15, -0.1) is 0 Å².